The zero-order chi connectivity index (χ0) is 20.9. The van der Waals surface area contributed by atoms with Crippen LogP contribution >= 0.6 is 0 Å². The molecule has 8 nitrogen and oxygen atoms in total. The standard InChI is InChI=1S/C22H22N4O4/c1-15-20(29-14-24-15)22(28)26-11-9-16(10-12-26)21(27)25-17-7-8-19(23-13-17)30-18-5-3-2-4-6-18/h2-8,13-14,16H,9-12H2,1H3,(H,25,27). The van der Waals surface area contributed by atoms with Gasteiger partial charge in [0, 0.05) is 25.1 Å². The normalized spacial score (nSPS) is 14.4. The van der Waals surface area contributed by atoms with E-state index in [2.05, 4.69) is 15.3 Å². The van der Waals surface area contributed by atoms with Gasteiger partial charge in [0.05, 0.1) is 17.6 Å². The van der Waals surface area contributed by atoms with Crippen molar-refractivity contribution >= 4 is 17.5 Å². The second-order valence-corrected chi connectivity index (χ2v) is 7.12. The van der Waals surface area contributed by atoms with Crippen molar-refractivity contribution < 1.29 is 18.7 Å². The van der Waals surface area contributed by atoms with Crippen LogP contribution in [0.25, 0.3) is 0 Å². The summed E-state index contributed by atoms with van der Waals surface area (Å²) < 4.78 is 10.8. The monoisotopic (exact) mass is 406 g/mol. The molecule has 3 aromatic rings. The van der Waals surface area contributed by atoms with E-state index in [0.717, 1.165) is 0 Å². The van der Waals surface area contributed by atoms with Gasteiger partial charge in [-0.1, -0.05) is 18.2 Å². The number of ether oxygens (including phenoxy) is 1. The number of carbonyl (C=O) groups excluding carboxylic acids is 2. The number of likely N-dealkylation sites (tertiary alicyclic amines) is 1. The topological polar surface area (TPSA) is 97.6 Å². The molecule has 30 heavy (non-hydrogen) atoms. The average Bonchev–Trinajstić information content (AvgIpc) is 3.21. The number of nitrogens with zero attached hydrogens (tertiary/aromatic N) is 3. The van der Waals surface area contributed by atoms with E-state index in [4.69, 9.17) is 9.15 Å². The highest BCUT2D eigenvalue weighted by Crippen LogP contribution is 2.23. The van der Waals surface area contributed by atoms with Crippen LogP contribution in [0.5, 0.6) is 11.6 Å². The van der Waals surface area contributed by atoms with Crippen molar-refractivity contribution in [3.63, 3.8) is 0 Å². The van der Waals surface area contributed by atoms with E-state index in [9.17, 15) is 9.59 Å². The number of oxazole rings is 1. The number of benzene rings is 1. The van der Waals surface area contributed by atoms with E-state index in [1.54, 1.807) is 30.2 Å². The predicted octanol–water partition coefficient (Wildman–Crippen LogP) is 3.66. The number of para-hydroxylation sites is 1. The fraction of sp³-hybridized carbons (Fsp3) is 0.273. The molecule has 0 atom stereocenters. The molecule has 0 radical (unpaired) electrons. The summed E-state index contributed by atoms with van der Waals surface area (Å²) in [6.07, 6.45) is 4.02. The first-order valence-corrected chi connectivity index (χ1v) is 9.79. The number of carbonyl (C=O) groups is 2. The zero-order valence-corrected chi connectivity index (χ0v) is 16.6. The van der Waals surface area contributed by atoms with Crippen LogP contribution in [0, 0.1) is 12.8 Å². The number of hydrogen-bond donors (Lipinski definition) is 1. The number of anilines is 1. The number of piperidine rings is 1. The molecule has 0 bridgehead atoms. The molecule has 1 aromatic carbocycles. The van der Waals surface area contributed by atoms with E-state index in [0.29, 0.717) is 48.9 Å². The molecule has 0 spiro atoms. The van der Waals surface area contributed by atoms with Gasteiger partial charge in [0.15, 0.2) is 6.39 Å². The minimum absolute atomic E-state index is 0.0727. The largest absolute Gasteiger partial charge is 0.439 e. The molecule has 0 unspecified atom stereocenters. The van der Waals surface area contributed by atoms with Gasteiger partial charge in [-0.05, 0) is 38.0 Å². The SMILES string of the molecule is Cc1ncoc1C(=O)N1CCC(C(=O)Nc2ccc(Oc3ccccc3)nc2)CC1. The van der Waals surface area contributed by atoms with Crippen LogP contribution in [0.2, 0.25) is 0 Å². The lowest BCUT2D eigenvalue weighted by molar-refractivity contribution is -0.121. The van der Waals surface area contributed by atoms with E-state index < -0.39 is 0 Å². The van der Waals surface area contributed by atoms with Crippen molar-refractivity contribution in [2.24, 2.45) is 5.92 Å². The third-order valence-electron chi connectivity index (χ3n) is 5.06. The molecule has 0 aliphatic carbocycles. The Morgan fingerprint density at radius 2 is 1.87 bits per heavy atom. The zero-order valence-electron chi connectivity index (χ0n) is 16.6. The van der Waals surface area contributed by atoms with Crippen molar-refractivity contribution in [3.05, 3.63) is 66.5 Å². The molecule has 1 aliphatic heterocycles. The van der Waals surface area contributed by atoms with Gasteiger partial charge in [-0.2, -0.15) is 0 Å². The van der Waals surface area contributed by atoms with Gasteiger partial charge in [0.25, 0.3) is 5.91 Å². The van der Waals surface area contributed by atoms with Crippen LogP contribution in [0.4, 0.5) is 5.69 Å². The number of nitrogens with one attached hydrogen (secondary N) is 1. The summed E-state index contributed by atoms with van der Waals surface area (Å²) in [4.78, 5) is 35.0. The fourth-order valence-corrected chi connectivity index (χ4v) is 3.36. The van der Waals surface area contributed by atoms with Gasteiger partial charge in [0.2, 0.25) is 17.5 Å². The fourth-order valence-electron chi connectivity index (χ4n) is 3.36. The Morgan fingerprint density at radius 3 is 2.50 bits per heavy atom. The molecule has 1 saturated heterocycles. The van der Waals surface area contributed by atoms with E-state index >= 15 is 0 Å². The lowest BCUT2D eigenvalue weighted by Crippen LogP contribution is -2.41. The van der Waals surface area contributed by atoms with Gasteiger partial charge in [-0.15, -0.1) is 0 Å². The summed E-state index contributed by atoms with van der Waals surface area (Å²) >= 11 is 0. The Balaban J connectivity index is 1.28. The molecule has 8 heteroatoms. The number of hydrogen-bond acceptors (Lipinski definition) is 6. The molecule has 1 N–H and O–H groups in total. The van der Waals surface area contributed by atoms with Crippen molar-refractivity contribution in [1.82, 2.24) is 14.9 Å². The summed E-state index contributed by atoms with van der Waals surface area (Å²) in [5.41, 5.74) is 1.18. The van der Waals surface area contributed by atoms with Crippen molar-refractivity contribution in [3.8, 4) is 11.6 Å². The maximum Gasteiger partial charge on any atom is 0.291 e. The minimum atomic E-state index is -0.179. The highest BCUT2D eigenvalue weighted by Gasteiger charge is 2.29. The summed E-state index contributed by atoms with van der Waals surface area (Å²) in [6, 6.07) is 12.8. The Labute approximate surface area is 173 Å². The minimum Gasteiger partial charge on any atom is -0.439 e. The van der Waals surface area contributed by atoms with Crippen LogP contribution in [0.1, 0.15) is 29.1 Å². The predicted molar refractivity (Wildman–Crippen MR) is 109 cm³/mol. The molecule has 2 aromatic heterocycles. The van der Waals surface area contributed by atoms with Gasteiger partial charge in [-0.25, -0.2) is 9.97 Å². The second kappa shape index (κ2) is 8.77. The first-order chi connectivity index (χ1) is 14.6. The highest BCUT2D eigenvalue weighted by atomic mass is 16.5. The molecular weight excluding hydrogens is 384 g/mol. The van der Waals surface area contributed by atoms with Crippen LogP contribution < -0.4 is 10.1 Å². The van der Waals surface area contributed by atoms with Gasteiger partial charge < -0.3 is 19.4 Å². The quantitative estimate of drug-likeness (QED) is 0.694. The number of rotatable bonds is 5. The molecule has 0 saturated carbocycles. The van der Waals surface area contributed by atoms with Crippen LogP contribution in [-0.4, -0.2) is 39.8 Å². The maximum absolute atomic E-state index is 12.6. The van der Waals surface area contributed by atoms with E-state index in [-0.39, 0.29) is 23.5 Å². The first-order valence-electron chi connectivity index (χ1n) is 9.79. The first kappa shape index (κ1) is 19.6. The number of aromatic nitrogens is 2. The lowest BCUT2D eigenvalue weighted by Gasteiger charge is -2.30. The van der Waals surface area contributed by atoms with Crippen LogP contribution in [0.3, 0.4) is 0 Å². The van der Waals surface area contributed by atoms with Crippen molar-refractivity contribution in [2.45, 2.75) is 19.8 Å². The maximum atomic E-state index is 12.6. The number of amides is 2. The van der Waals surface area contributed by atoms with Crippen molar-refractivity contribution in [2.75, 3.05) is 18.4 Å². The third-order valence-corrected chi connectivity index (χ3v) is 5.06. The number of aryl methyl sites for hydroxylation is 1. The summed E-state index contributed by atoms with van der Waals surface area (Å²) in [6.45, 7) is 2.74. The Kier molecular flexibility index (Phi) is 5.74. The molecule has 4 rings (SSSR count). The smallest absolute Gasteiger partial charge is 0.291 e. The Hall–Kier alpha value is -3.68. The molecular formula is C22H22N4O4. The van der Waals surface area contributed by atoms with E-state index in [1.807, 2.05) is 30.3 Å². The van der Waals surface area contributed by atoms with E-state index in [1.165, 1.54) is 6.39 Å². The van der Waals surface area contributed by atoms with Gasteiger partial charge in [-0.3, -0.25) is 9.59 Å². The molecule has 2 amide bonds. The Morgan fingerprint density at radius 1 is 1.10 bits per heavy atom. The van der Waals surface area contributed by atoms with Crippen LogP contribution in [-0.2, 0) is 4.79 Å². The van der Waals surface area contributed by atoms with Crippen molar-refractivity contribution in [1.29, 1.82) is 0 Å². The Bertz CT molecular complexity index is 1010. The third kappa shape index (κ3) is 4.48. The molecule has 1 fully saturated rings. The second-order valence-electron chi connectivity index (χ2n) is 7.12. The average molecular weight is 406 g/mol. The summed E-state index contributed by atoms with van der Waals surface area (Å²) in [5, 5.41) is 2.89. The van der Waals surface area contributed by atoms with Crippen LogP contribution in [0.15, 0.2) is 59.5 Å². The van der Waals surface area contributed by atoms with Gasteiger partial charge >= 0.3 is 0 Å². The van der Waals surface area contributed by atoms with Gasteiger partial charge in [0.1, 0.15) is 5.75 Å². The molecule has 3 heterocycles. The lowest BCUT2D eigenvalue weighted by atomic mass is 9.95. The molecule has 1 aliphatic rings. The summed E-state index contributed by atoms with van der Waals surface area (Å²) in [7, 11) is 0. The number of pyridine rings is 1. The summed E-state index contributed by atoms with van der Waals surface area (Å²) in [5.74, 6) is 1.00. The molecule has 154 valence electrons. The highest BCUT2D eigenvalue weighted by molar-refractivity contribution is 5.94.